The zero-order valence-electron chi connectivity index (χ0n) is 12.1. The molecule has 3 aromatic rings. The standard InChI is InChI=1S/C15H13BrN6O/c16-11-4-5-14(22-10-19-20-21-22)13(9-11)15(23)18-8-6-12-3-1-2-7-17-12/h1-5,7,9-10H,6,8H2,(H,18,23). The van der Waals surface area contributed by atoms with Crippen LogP contribution >= 0.6 is 15.9 Å². The van der Waals surface area contributed by atoms with E-state index in [0.717, 1.165) is 10.2 Å². The number of benzene rings is 1. The van der Waals surface area contributed by atoms with E-state index in [0.29, 0.717) is 24.2 Å². The summed E-state index contributed by atoms with van der Waals surface area (Å²) in [5.74, 6) is -0.187. The van der Waals surface area contributed by atoms with E-state index >= 15 is 0 Å². The molecule has 1 amide bonds. The number of hydrogen-bond acceptors (Lipinski definition) is 5. The molecule has 3 rings (SSSR count). The van der Waals surface area contributed by atoms with Crippen molar-refractivity contribution in [3.8, 4) is 5.69 Å². The molecular formula is C15H13BrN6O. The van der Waals surface area contributed by atoms with Crippen LogP contribution in [0.4, 0.5) is 0 Å². The molecule has 1 aromatic carbocycles. The minimum Gasteiger partial charge on any atom is -0.352 e. The van der Waals surface area contributed by atoms with E-state index < -0.39 is 0 Å². The van der Waals surface area contributed by atoms with Gasteiger partial charge in [-0.05, 0) is 40.8 Å². The predicted octanol–water partition coefficient (Wildman–Crippen LogP) is 1.79. The fourth-order valence-corrected chi connectivity index (χ4v) is 2.47. The molecule has 116 valence electrons. The number of halogens is 1. The summed E-state index contributed by atoms with van der Waals surface area (Å²) in [7, 11) is 0. The summed E-state index contributed by atoms with van der Waals surface area (Å²) in [5.41, 5.74) is 2.05. The van der Waals surface area contributed by atoms with Gasteiger partial charge in [0.1, 0.15) is 6.33 Å². The van der Waals surface area contributed by atoms with Crippen molar-refractivity contribution in [3.63, 3.8) is 0 Å². The van der Waals surface area contributed by atoms with Gasteiger partial charge in [-0.15, -0.1) is 5.10 Å². The number of carbonyl (C=O) groups excluding carboxylic acids is 1. The van der Waals surface area contributed by atoms with Crippen LogP contribution in [0.3, 0.4) is 0 Å². The zero-order chi connectivity index (χ0) is 16.1. The van der Waals surface area contributed by atoms with Crippen LogP contribution in [0.2, 0.25) is 0 Å². The lowest BCUT2D eigenvalue weighted by Crippen LogP contribution is -2.27. The molecule has 0 radical (unpaired) electrons. The van der Waals surface area contributed by atoms with Gasteiger partial charge in [0.15, 0.2) is 0 Å². The smallest absolute Gasteiger partial charge is 0.253 e. The number of nitrogens with zero attached hydrogens (tertiary/aromatic N) is 5. The Bertz CT molecular complexity index is 791. The van der Waals surface area contributed by atoms with Crippen LogP contribution in [-0.4, -0.2) is 37.6 Å². The number of nitrogens with one attached hydrogen (secondary N) is 1. The molecule has 7 nitrogen and oxygen atoms in total. The number of amides is 1. The molecule has 0 saturated heterocycles. The van der Waals surface area contributed by atoms with Crippen molar-refractivity contribution in [2.75, 3.05) is 6.54 Å². The predicted molar refractivity (Wildman–Crippen MR) is 87.1 cm³/mol. The molecule has 0 unspecified atom stereocenters. The van der Waals surface area contributed by atoms with Gasteiger partial charge in [-0.2, -0.15) is 4.68 Å². The van der Waals surface area contributed by atoms with Crippen molar-refractivity contribution in [3.05, 3.63) is 64.7 Å². The summed E-state index contributed by atoms with van der Waals surface area (Å²) in [4.78, 5) is 16.7. The summed E-state index contributed by atoms with van der Waals surface area (Å²) < 4.78 is 2.27. The number of tetrazole rings is 1. The second kappa shape index (κ2) is 7.10. The molecule has 0 atom stereocenters. The van der Waals surface area contributed by atoms with E-state index in [2.05, 4.69) is 41.8 Å². The Kier molecular flexibility index (Phi) is 4.72. The average Bonchev–Trinajstić information content (AvgIpc) is 3.10. The van der Waals surface area contributed by atoms with Crippen LogP contribution in [0.15, 0.2) is 53.4 Å². The molecule has 1 N–H and O–H groups in total. The Morgan fingerprint density at radius 1 is 1.26 bits per heavy atom. The molecule has 0 aliphatic heterocycles. The van der Waals surface area contributed by atoms with E-state index in [-0.39, 0.29) is 5.91 Å². The Morgan fingerprint density at radius 2 is 2.17 bits per heavy atom. The maximum atomic E-state index is 12.5. The van der Waals surface area contributed by atoms with Gasteiger partial charge >= 0.3 is 0 Å². The largest absolute Gasteiger partial charge is 0.352 e. The molecule has 0 aliphatic carbocycles. The Morgan fingerprint density at radius 3 is 2.91 bits per heavy atom. The Hall–Kier alpha value is -2.61. The molecule has 0 bridgehead atoms. The van der Waals surface area contributed by atoms with Crippen molar-refractivity contribution in [2.24, 2.45) is 0 Å². The second-order valence-corrected chi connectivity index (χ2v) is 5.66. The zero-order valence-corrected chi connectivity index (χ0v) is 13.6. The van der Waals surface area contributed by atoms with Gasteiger partial charge in [0.25, 0.3) is 5.91 Å². The summed E-state index contributed by atoms with van der Waals surface area (Å²) in [6.45, 7) is 0.497. The van der Waals surface area contributed by atoms with Crippen LogP contribution in [0.1, 0.15) is 16.1 Å². The Balaban J connectivity index is 1.73. The average molecular weight is 373 g/mol. The summed E-state index contributed by atoms with van der Waals surface area (Å²) in [6, 6.07) is 11.1. The number of pyridine rings is 1. The van der Waals surface area contributed by atoms with Gasteiger partial charge in [0.05, 0.1) is 11.3 Å². The normalized spacial score (nSPS) is 10.5. The van der Waals surface area contributed by atoms with Crippen molar-refractivity contribution < 1.29 is 4.79 Å². The van der Waals surface area contributed by atoms with Gasteiger partial charge in [-0.25, -0.2) is 0 Å². The molecule has 2 aromatic heterocycles. The quantitative estimate of drug-likeness (QED) is 0.737. The van der Waals surface area contributed by atoms with Crippen molar-refractivity contribution in [2.45, 2.75) is 6.42 Å². The molecule has 0 spiro atoms. The fourth-order valence-electron chi connectivity index (χ4n) is 2.11. The van der Waals surface area contributed by atoms with E-state index in [1.165, 1.54) is 11.0 Å². The minimum absolute atomic E-state index is 0.187. The third kappa shape index (κ3) is 3.78. The molecular weight excluding hydrogens is 360 g/mol. The maximum absolute atomic E-state index is 12.5. The number of aromatic nitrogens is 5. The van der Waals surface area contributed by atoms with Crippen LogP contribution in [0, 0.1) is 0 Å². The maximum Gasteiger partial charge on any atom is 0.253 e. The monoisotopic (exact) mass is 372 g/mol. The van der Waals surface area contributed by atoms with E-state index in [1.54, 1.807) is 18.3 Å². The third-order valence-corrected chi connectivity index (χ3v) is 3.69. The lowest BCUT2D eigenvalue weighted by atomic mass is 10.1. The van der Waals surface area contributed by atoms with Crippen molar-refractivity contribution >= 4 is 21.8 Å². The molecule has 23 heavy (non-hydrogen) atoms. The van der Waals surface area contributed by atoms with E-state index in [1.807, 2.05) is 24.3 Å². The highest BCUT2D eigenvalue weighted by molar-refractivity contribution is 9.10. The van der Waals surface area contributed by atoms with Gasteiger partial charge in [0, 0.05) is 29.3 Å². The number of hydrogen-bond donors (Lipinski definition) is 1. The number of rotatable bonds is 5. The van der Waals surface area contributed by atoms with Crippen molar-refractivity contribution in [1.29, 1.82) is 0 Å². The van der Waals surface area contributed by atoms with E-state index in [4.69, 9.17) is 0 Å². The molecule has 8 heteroatoms. The highest BCUT2D eigenvalue weighted by atomic mass is 79.9. The first-order valence-corrected chi connectivity index (χ1v) is 7.74. The van der Waals surface area contributed by atoms with Crippen LogP contribution in [-0.2, 0) is 6.42 Å². The SMILES string of the molecule is O=C(NCCc1ccccn1)c1cc(Br)ccc1-n1cnnn1. The lowest BCUT2D eigenvalue weighted by molar-refractivity contribution is 0.0954. The molecule has 2 heterocycles. The van der Waals surface area contributed by atoms with Gasteiger partial charge in [-0.3, -0.25) is 9.78 Å². The first kappa shape index (κ1) is 15.3. The van der Waals surface area contributed by atoms with Crippen LogP contribution in [0.5, 0.6) is 0 Å². The van der Waals surface area contributed by atoms with Crippen LogP contribution < -0.4 is 5.32 Å². The third-order valence-electron chi connectivity index (χ3n) is 3.19. The topological polar surface area (TPSA) is 85.6 Å². The van der Waals surface area contributed by atoms with Crippen molar-refractivity contribution in [1.82, 2.24) is 30.5 Å². The molecule has 0 aliphatic rings. The second-order valence-electron chi connectivity index (χ2n) is 4.74. The Labute approximate surface area is 140 Å². The fraction of sp³-hybridized carbons (Fsp3) is 0.133. The van der Waals surface area contributed by atoms with Crippen LogP contribution in [0.25, 0.3) is 5.69 Å². The first-order valence-electron chi connectivity index (χ1n) is 6.95. The van der Waals surface area contributed by atoms with Gasteiger partial charge in [0.2, 0.25) is 0 Å². The number of carbonyl (C=O) groups is 1. The summed E-state index contributed by atoms with van der Waals surface area (Å²) in [6.07, 6.45) is 3.86. The van der Waals surface area contributed by atoms with Gasteiger partial charge in [-0.1, -0.05) is 22.0 Å². The molecule has 0 fully saturated rings. The minimum atomic E-state index is -0.187. The lowest BCUT2D eigenvalue weighted by Gasteiger charge is -2.10. The summed E-state index contributed by atoms with van der Waals surface area (Å²) in [5, 5.41) is 13.9. The van der Waals surface area contributed by atoms with Gasteiger partial charge < -0.3 is 5.32 Å². The first-order chi connectivity index (χ1) is 11.2. The summed E-state index contributed by atoms with van der Waals surface area (Å²) >= 11 is 3.38. The highest BCUT2D eigenvalue weighted by Gasteiger charge is 2.14. The highest BCUT2D eigenvalue weighted by Crippen LogP contribution is 2.19. The molecule has 0 saturated carbocycles. The van der Waals surface area contributed by atoms with E-state index in [9.17, 15) is 4.79 Å².